The van der Waals surface area contributed by atoms with E-state index in [-0.39, 0.29) is 11.0 Å². The third-order valence-electron chi connectivity index (χ3n) is 2.58. The summed E-state index contributed by atoms with van der Waals surface area (Å²) in [5.41, 5.74) is 0. The number of nitrogens with zero attached hydrogens (tertiary/aromatic N) is 3. The largest absolute Gasteiger partial charge is 0.402 e. The molecule has 1 amide bonds. The summed E-state index contributed by atoms with van der Waals surface area (Å²) in [4.78, 5) is 23.3. The number of amides is 1. The predicted molar refractivity (Wildman–Crippen MR) is 86.2 cm³/mol. The number of carbonyl (C=O) groups is 1. The van der Waals surface area contributed by atoms with Gasteiger partial charge in [-0.05, 0) is 23.6 Å². The molecule has 3 aromatic rings. The van der Waals surface area contributed by atoms with Crippen LogP contribution in [-0.2, 0) is 4.79 Å². The first-order valence-electron chi connectivity index (χ1n) is 6.22. The quantitative estimate of drug-likeness (QED) is 0.429. The highest BCUT2D eigenvalue weighted by Gasteiger charge is 2.11. The molecular weight excluding hydrogens is 340 g/mol. The zero-order chi connectivity index (χ0) is 16.2. The second-order valence-electron chi connectivity index (χ2n) is 4.15. The van der Waals surface area contributed by atoms with Crippen LogP contribution in [0.4, 0.5) is 11.0 Å². The molecule has 0 radical (unpaired) electrons. The number of hydrogen-bond acceptors (Lipinski definition) is 8. The maximum atomic E-state index is 11.8. The lowest BCUT2D eigenvalue weighted by atomic mass is 10.4. The van der Waals surface area contributed by atoms with Gasteiger partial charge in [-0.15, -0.1) is 16.4 Å². The van der Waals surface area contributed by atoms with Crippen molar-refractivity contribution in [2.75, 3.05) is 5.32 Å². The van der Waals surface area contributed by atoms with Gasteiger partial charge in [-0.3, -0.25) is 20.2 Å². The molecule has 0 saturated heterocycles. The van der Waals surface area contributed by atoms with Crippen LogP contribution in [0.25, 0.3) is 16.8 Å². The van der Waals surface area contributed by atoms with Crippen LogP contribution in [0.2, 0.25) is 0 Å². The molecule has 0 spiro atoms. The lowest BCUT2D eigenvalue weighted by Crippen LogP contribution is -2.07. The Labute approximate surface area is 137 Å². The Hall–Kier alpha value is -2.85. The summed E-state index contributed by atoms with van der Waals surface area (Å²) in [7, 11) is 0. The Morgan fingerprint density at radius 1 is 1.35 bits per heavy atom. The van der Waals surface area contributed by atoms with Crippen LogP contribution in [0.1, 0.15) is 4.88 Å². The molecule has 0 aliphatic carbocycles. The van der Waals surface area contributed by atoms with Crippen LogP contribution in [0, 0.1) is 10.1 Å². The first-order chi connectivity index (χ1) is 11.1. The molecule has 0 saturated carbocycles. The van der Waals surface area contributed by atoms with Crippen molar-refractivity contribution in [2.24, 2.45) is 0 Å². The molecule has 1 N–H and O–H groups in total. The van der Waals surface area contributed by atoms with Gasteiger partial charge < -0.3 is 4.42 Å². The molecule has 0 unspecified atom stereocenters. The fraction of sp³-hybridized carbons (Fsp3) is 0. The number of nitrogens with one attached hydrogen (secondary N) is 1. The molecule has 0 fully saturated rings. The summed E-state index contributed by atoms with van der Waals surface area (Å²) >= 11 is 2.42. The molecule has 3 rings (SSSR count). The number of aromatic nitrogens is 2. The van der Waals surface area contributed by atoms with E-state index in [0.717, 1.165) is 16.2 Å². The molecule has 3 heterocycles. The number of thiophene rings is 2. The van der Waals surface area contributed by atoms with Crippen molar-refractivity contribution in [1.82, 2.24) is 10.2 Å². The van der Waals surface area contributed by atoms with E-state index in [0.29, 0.717) is 10.8 Å². The van der Waals surface area contributed by atoms with Gasteiger partial charge in [-0.25, -0.2) is 0 Å². The fourth-order valence-corrected chi connectivity index (χ4v) is 2.98. The molecule has 23 heavy (non-hydrogen) atoms. The summed E-state index contributed by atoms with van der Waals surface area (Å²) in [6.45, 7) is 0. The third-order valence-corrected chi connectivity index (χ3v) is 4.44. The van der Waals surface area contributed by atoms with Crippen LogP contribution in [0.5, 0.6) is 0 Å². The van der Waals surface area contributed by atoms with E-state index in [1.165, 1.54) is 29.6 Å². The van der Waals surface area contributed by atoms with Crippen LogP contribution >= 0.6 is 22.7 Å². The van der Waals surface area contributed by atoms with Gasteiger partial charge in [0.25, 0.3) is 11.8 Å². The summed E-state index contributed by atoms with van der Waals surface area (Å²) in [5, 5.41) is 22.5. The zero-order valence-electron chi connectivity index (χ0n) is 11.3. The molecule has 8 nitrogen and oxygen atoms in total. The van der Waals surface area contributed by atoms with Gasteiger partial charge in [0.15, 0.2) is 0 Å². The number of carbonyl (C=O) groups excluding carboxylic acids is 1. The molecule has 3 aromatic heterocycles. The van der Waals surface area contributed by atoms with Crippen molar-refractivity contribution in [2.45, 2.75) is 0 Å². The normalized spacial score (nSPS) is 11.0. The molecule has 0 bridgehead atoms. The van der Waals surface area contributed by atoms with E-state index < -0.39 is 10.8 Å². The first kappa shape index (κ1) is 15.1. The van der Waals surface area contributed by atoms with Crippen molar-refractivity contribution >= 4 is 45.7 Å². The topological polar surface area (TPSA) is 111 Å². The number of rotatable bonds is 5. The Balaban J connectivity index is 1.62. The zero-order valence-corrected chi connectivity index (χ0v) is 13.0. The summed E-state index contributed by atoms with van der Waals surface area (Å²) in [6.07, 6.45) is 2.72. The Morgan fingerprint density at radius 2 is 2.22 bits per heavy atom. The lowest BCUT2D eigenvalue weighted by molar-refractivity contribution is -0.380. The van der Waals surface area contributed by atoms with Crippen molar-refractivity contribution in [1.29, 1.82) is 0 Å². The Morgan fingerprint density at radius 3 is 2.91 bits per heavy atom. The van der Waals surface area contributed by atoms with Crippen molar-refractivity contribution < 1.29 is 14.1 Å². The van der Waals surface area contributed by atoms with E-state index in [1.54, 1.807) is 6.07 Å². The van der Waals surface area contributed by atoms with Gasteiger partial charge in [0.2, 0.25) is 0 Å². The van der Waals surface area contributed by atoms with Crippen molar-refractivity contribution in [3.63, 3.8) is 0 Å². The second-order valence-corrected chi connectivity index (χ2v) is 6.19. The average Bonchev–Trinajstić information content (AvgIpc) is 3.25. The van der Waals surface area contributed by atoms with Crippen LogP contribution in [0.3, 0.4) is 0 Å². The summed E-state index contributed by atoms with van der Waals surface area (Å²) in [5.74, 6) is -0.143. The maximum Gasteiger partial charge on any atom is 0.324 e. The van der Waals surface area contributed by atoms with E-state index >= 15 is 0 Å². The smallest absolute Gasteiger partial charge is 0.324 e. The summed E-state index contributed by atoms with van der Waals surface area (Å²) < 4.78 is 5.32. The minimum atomic E-state index is -0.480. The molecular formula is C13H8N4O4S2. The maximum absolute atomic E-state index is 11.8. The third kappa shape index (κ3) is 3.67. The van der Waals surface area contributed by atoms with Gasteiger partial charge in [-0.1, -0.05) is 22.5 Å². The van der Waals surface area contributed by atoms with E-state index in [1.807, 2.05) is 17.5 Å². The molecule has 0 aliphatic rings. The van der Waals surface area contributed by atoms with Crippen molar-refractivity contribution in [3.8, 4) is 10.8 Å². The van der Waals surface area contributed by atoms with E-state index in [9.17, 15) is 14.9 Å². The average molecular weight is 348 g/mol. The minimum Gasteiger partial charge on any atom is -0.402 e. The van der Waals surface area contributed by atoms with Gasteiger partial charge in [0, 0.05) is 17.0 Å². The molecule has 0 atom stereocenters. The second kappa shape index (κ2) is 6.50. The molecule has 0 aromatic carbocycles. The van der Waals surface area contributed by atoms with E-state index in [4.69, 9.17) is 4.42 Å². The monoisotopic (exact) mass is 348 g/mol. The lowest BCUT2D eigenvalue weighted by Gasteiger charge is -1.93. The van der Waals surface area contributed by atoms with Gasteiger partial charge in [0.05, 0.1) is 9.80 Å². The van der Waals surface area contributed by atoms with Crippen LogP contribution in [0.15, 0.2) is 40.1 Å². The SMILES string of the molecule is O=C(C=Cc1ccc([N+](=O)[O-])s1)Nc1nnc(-c2cccs2)o1. The van der Waals surface area contributed by atoms with E-state index in [2.05, 4.69) is 15.5 Å². The molecule has 0 aliphatic heterocycles. The Kier molecular flexibility index (Phi) is 4.26. The highest BCUT2D eigenvalue weighted by atomic mass is 32.1. The molecule has 10 heteroatoms. The predicted octanol–water partition coefficient (Wildman–Crippen LogP) is 3.42. The van der Waals surface area contributed by atoms with Crippen LogP contribution in [-0.4, -0.2) is 21.0 Å². The Bertz CT molecular complexity index is 866. The minimum absolute atomic E-state index is 0.0137. The number of anilines is 1. The highest BCUT2D eigenvalue weighted by Crippen LogP contribution is 2.25. The number of nitro groups is 1. The molecule has 116 valence electrons. The van der Waals surface area contributed by atoms with Crippen molar-refractivity contribution in [3.05, 3.63) is 50.7 Å². The van der Waals surface area contributed by atoms with Gasteiger partial charge in [0.1, 0.15) is 0 Å². The van der Waals surface area contributed by atoms with Gasteiger partial charge >= 0.3 is 11.0 Å². The number of hydrogen-bond donors (Lipinski definition) is 1. The summed E-state index contributed by atoms with van der Waals surface area (Å²) in [6, 6.07) is 6.61. The van der Waals surface area contributed by atoms with Crippen LogP contribution < -0.4 is 5.32 Å². The van der Waals surface area contributed by atoms with Gasteiger partial charge in [-0.2, -0.15) is 0 Å². The standard InChI is InChI=1S/C13H8N4O4S2/c18-10(5-3-8-4-6-11(23-8)17(19)20)14-13-16-15-12(21-13)9-2-1-7-22-9/h1-7H,(H,14,16,18). The first-order valence-corrected chi connectivity index (χ1v) is 7.92. The fourth-order valence-electron chi connectivity index (χ4n) is 1.61. The highest BCUT2D eigenvalue weighted by molar-refractivity contribution is 7.16.